The smallest absolute Gasteiger partial charge is 0.181 e. The maximum Gasteiger partial charge on any atom is 0.181 e. The Hall–Kier alpha value is -1.68. The van der Waals surface area contributed by atoms with Gasteiger partial charge in [0.1, 0.15) is 5.82 Å². The van der Waals surface area contributed by atoms with E-state index in [1.54, 1.807) is 0 Å². The molecule has 21 heavy (non-hydrogen) atoms. The lowest BCUT2D eigenvalue weighted by molar-refractivity contribution is 0.263. The summed E-state index contributed by atoms with van der Waals surface area (Å²) in [6, 6.07) is 9.17. The van der Waals surface area contributed by atoms with Crippen molar-refractivity contribution >= 4 is 0 Å². The number of rotatable bonds is 4. The lowest BCUT2D eigenvalue weighted by atomic mass is 10.0. The predicted octanol–water partition coefficient (Wildman–Crippen LogP) is 3.20. The van der Waals surface area contributed by atoms with Gasteiger partial charge in [-0.3, -0.25) is 9.58 Å². The maximum absolute atomic E-state index is 4.63. The van der Waals surface area contributed by atoms with Gasteiger partial charge in [0.2, 0.25) is 0 Å². The summed E-state index contributed by atoms with van der Waals surface area (Å²) in [5.74, 6) is 1.87. The van der Waals surface area contributed by atoms with E-state index in [4.69, 9.17) is 0 Å². The molecule has 1 atom stereocenters. The monoisotopic (exact) mass is 284 g/mol. The summed E-state index contributed by atoms with van der Waals surface area (Å²) in [7, 11) is 1.96. The molecule has 4 nitrogen and oxygen atoms in total. The van der Waals surface area contributed by atoms with Crippen molar-refractivity contribution in [2.24, 2.45) is 7.05 Å². The number of hydrogen-bond acceptors (Lipinski definition) is 3. The number of likely N-dealkylation sites (tertiary alicyclic amines) is 1. The van der Waals surface area contributed by atoms with Crippen LogP contribution in [0.4, 0.5) is 0 Å². The quantitative estimate of drug-likeness (QED) is 0.864. The molecule has 3 rings (SSSR count). The highest BCUT2D eigenvalue weighted by atomic mass is 15.3. The summed E-state index contributed by atoms with van der Waals surface area (Å²) in [5.41, 5.74) is 2.48. The second-order valence-corrected chi connectivity index (χ2v) is 5.87. The molecule has 1 aliphatic heterocycles. The van der Waals surface area contributed by atoms with Crippen LogP contribution >= 0.6 is 0 Å². The molecule has 0 bridgehead atoms. The molecule has 1 aliphatic rings. The zero-order valence-corrected chi connectivity index (χ0v) is 13.2. The maximum atomic E-state index is 4.63. The fraction of sp³-hybridized carbons (Fsp3) is 0.529. The number of benzene rings is 1. The molecular weight excluding hydrogens is 260 g/mol. The van der Waals surface area contributed by atoms with Gasteiger partial charge >= 0.3 is 0 Å². The molecule has 0 saturated carbocycles. The van der Waals surface area contributed by atoms with Gasteiger partial charge in [-0.25, -0.2) is 4.98 Å². The molecular formula is C17H24N4. The minimum atomic E-state index is 0.474. The first kappa shape index (κ1) is 14.3. The highest BCUT2D eigenvalue weighted by molar-refractivity contribution is 5.56. The molecule has 1 unspecified atom stereocenters. The van der Waals surface area contributed by atoms with Gasteiger partial charge in [-0.1, -0.05) is 25.1 Å². The Balaban J connectivity index is 1.88. The van der Waals surface area contributed by atoms with E-state index in [0.29, 0.717) is 6.04 Å². The Morgan fingerprint density at radius 3 is 2.67 bits per heavy atom. The number of aromatic nitrogens is 3. The molecule has 1 aromatic heterocycles. The third-order valence-electron chi connectivity index (χ3n) is 4.49. The van der Waals surface area contributed by atoms with E-state index in [2.05, 4.69) is 53.1 Å². The Morgan fingerprint density at radius 1 is 1.24 bits per heavy atom. The summed E-state index contributed by atoms with van der Waals surface area (Å²) in [6.45, 7) is 6.84. The lowest BCUT2D eigenvalue weighted by Crippen LogP contribution is -2.23. The average molecular weight is 284 g/mol. The first-order chi connectivity index (χ1) is 10.2. The van der Waals surface area contributed by atoms with Gasteiger partial charge in [0, 0.05) is 25.1 Å². The zero-order chi connectivity index (χ0) is 14.8. The third kappa shape index (κ3) is 2.86. The van der Waals surface area contributed by atoms with Crippen LogP contribution in [0.1, 0.15) is 44.1 Å². The molecule has 2 aromatic rings. The first-order valence-corrected chi connectivity index (χ1v) is 7.93. The van der Waals surface area contributed by atoms with E-state index >= 15 is 0 Å². The molecule has 0 N–H and O–H groups in total. The Bertz CT molecular complexity index is 611. The summed E-state index contributed by atoms with van der Waals surface area (Å²) in [6.07, 6.45) is 3.56. The SMILES string of the molecule is CCc1nc(-c2cccc(C(C)N3CCCC3)c2)nn1C. The second-order valence-electron chi connectivity index (χ2n) is 5.87. The number of aryl methyl sites for hydroxylation is 2. The van der Waals surface area contributed by atoms with E-state index in [1.165, 1.54) is 31.5 Å². The van der Waals surface area contributed by atoms with Gasteiger partial charge < -0.3 is 0 Å². The number of hydrogen-bond donors (Lipinski definition) is 0. The third-order valence-corrected chi connectivity index (χ3v) is 4.49. The van der Waals surface area contributed by atoms with Crippen molar-refractivity contribution in [3.63, 3.8) is 0 Å². The molecule has 0 spiro atoms. The fourth-order valence-electron chi connectivity index (χ4n) is 3.12. The topological polar surface area (TPSA) is 34.0 Å². The van der Waals surface area contributed by atoms with Crippen LogP contribution in [0.15, 0.2) is 24.3 Å². The Morgan fingerprint density at radius 2 is 2.00 bits per heavy atom. The van der Waals surface area contributed by atoms with Crippen molar-refractivity contribution in [1.29, 1.82) is 0 Å². The normalized spacial score (nSPS) is 17.3. The largest absolute Gasteiger partial charge is 0.297 e. The van der Waals surface area contributed by atoms with E-state index < -0.39 is 0 Å². The highest BCUT2D eigenvalue weighted by Crippen LogP contribution is 2.27. The van der Waals surface area contributed by atoms with Crippen molar-refractivity contribution in [2.75, 3.05) is 13.1 Å². The Labute approximate surface area is 126 Å². The summed E-state index contributed by atoms with van der Waals surface area (Å²) in [4.78, 5) is 7.19. The van der Waals surface area contributed by atoms with E-state index in [9.17, 15) is 0 Å². The van der Waals surface area contributed by atoms with Crippen LogP contribution in [0.5, 0.6) is 0 Å². The van der Waals surface area contributed by atoms with Gasteiger partial charge in [0.05, 0.1) is 0 Å². The van der Waals surface area contributed by atoms with Crippen molar-refractivity contribution in [2.45, 2.75) is 39.2 Å². The van der Waals surface area contributed by atoms with E-state index in [1.807, 2.05) is 11.7 Å². The predicted molar refractivity (Wildman–Crippen MR) is 85.0 cm³/mol. The molecule has 1 aromatic carbocycles. The van der Waals surface area contributed by atoms with E-state index in [0.717, 1.165) is 23.6 Å². The van der Waals surface area contributed by atoms with Gasteiger partial charge in [-0.2, -0.15) is 5.10 Å². The van der Waals surface area contributed by atoms with Crippen LogP contribution in [0.3, 0.4) is 0 Å². The molecule has 0 aliphatic carbocycles. The lowest BCUT2D eigenvalue weighted by Gasteiger charge is -2.24. The van der Waals surface area contributed by atoms with Crippen LogP contribution in [-0.4, -0.2) is 32.8 Å². The molecule has 2 heterocycles. The van der Waals surface area contributed by atoms with Crippen LogP contribution in [0, 0.1) is 0 Å². The summed E-state index contributed by atoms with van der Waals surface area (Å²) in [5, 5.41) is 4.54. The molecule has 1 saturated heterocycles. The van der Waals surface area contributed by atoms with Gasteiger partial charge in [0.15, 0.2) is 5.82 Å². The van der Waals surface area contributed by atoms with Crippen molar-refractivity contribution in [3.05, 3.63) is 35.7 Å². The fourth-order valence-corrected chi connectivity index (χ4v) is 3.12. The summed E-state index contributed by atoms with van der Waals surface area (Å²) < 4.78 is 1.88. The average Bonchev–Trinajstić information content (AvgIpc) is 3.16. The van der Waals surface area contributed by atoms with Gasteiger partial charge in [0.25, 0.3) is 0 Å². The van der Waals surface area contributed by atoms with Gasteiger partial charge in [-0.15, -0.1) is 0 Å². The molecule has 0 radical (unpaired) electrons. The summed E-state index contributed by atoms with van der Waals surface area (Å²) >= 11 is 0. The molecule has 4 heteroatoms. The molecule has 1 fully saturated rings. The Kier molecular flexibility index (Phi) is 4.06. The van der Waals surface area contributed by atoms with Crippen LogP contribution in [0.25, 0.3) is 11.4 Å². The minimum absolute atomic E-state index is 0.474. The van der Waals surface area contributed by atoms with E-state index in [-0.39, 0.29) is 0 Å². The highest BCUT2D eigenvalue weighted by Gasteiger charge is 2.20. The van der Waals surface area contributed by atoms with Crippen LogP contribution in [-0.2, 0) is 13.5 Å². The van der Waals surface area contributed by atoms with Crippen molar-refractivity contribution in [3.8, 4) is 11.4 Å². The van der Waals surface area contributed by atoms with Crippen LogP contribution in [0.2, 0.25) is 0 Å². The standard InChI is InChI=1S/C17H24N4/c1-4-16-18-17(19-20(16)3)15-9-7-8-14(12-15)13(2)21-10-5-6-11-21/h7-9,12-13H,4-6,10-11H2,1-3H3. The first-order valence-electron chi connectivity index (χ1n) is 7.93. The van der Waals surface area contributed by atoms with Gasteiger partial charge in [-0.05, 0) is 44.5 Å². The van der Waals surface area contributed by atoms with Crippen molar-refractivity contribution in [1.82, 2.24) is 19.7 Å². The molecule has 112 valence electrons. The molecule has 0 amide bonds. The van der Waals surface area contributed by atoms with Crippen molar-refractivity contribution < 1.29 is 0 Å². The van der Waals surface area contributed by atoms with Crippen LogP contribution < -0.4 is 0 Å². The minimum Gasteiger partial charge on any atom is -0.297 e. The zero-order valence-electron chi connectivity index (χ0n) is 13.2. The second kappa shape index (κ2) is 5.98. The number of nitrogens with zero attached hydrogens (tertiary/aromatic N) is 4.